The molecular weight excluding hydrogens is 342 g/mol. The molecule has 0 unspecified atom stereocenters. The SMILES string of the molecule is Cc1nc(CCNC(=O)c2ccc3c(c2)NC(=O)CN3)nc2c1CCCC2. The first-order valence-electron chi connectivity index (χ1n) is 9.41. The lowest BCUT2D eigenvalue weighted by Crippen LogP contribution is -2.29. The summed E-state index contributed by atoms with van der Waals surface area (Å²) in [6.45, 7) is 2.76. The van der Waals surface area contributed by atoms with Crippen LogP contribution in [0.25, 0.3) is 0 Å². The maximum atomic E-state index is 12.4. The second-order valence-corrected chi connectivity index (χ2v) is 7.03. The van der Waals surface area contributed by atoms with Crippen molar-refractivity contribution in [2.24, 2.45) is 0 Å². The van der Waals surface area contributed by atoms with Gasteiger partial charge < -0.3 is 16.0 Å². The van der Waals surface area contributed by atoms with Crippen molar-refractivity contribution in [2.75, 3.05) is 23.7 Å². The zero-order valence-corrected chi connectivity index (χ0v) is 15.4. The van der Waals surface area contributed by atoms with Crippen molar-refractivity contribution in [2.45, 2.75) is 39.0 Å². The number of nitrogens with one attached hydrogen (secondary N) is 3. The molecule has 2 aromatic rings. The number of anilines is 2. The number of carbonyl (C=O) groups is 2. The molecule has 1 aromatic heterocycles. The Kier molecular flexibility index (Phi) is 4.75. The molecule has 4 rings (SSSR count). The van der Waals surface area contributed by atoms with E-state index in [-0.39, 0.29) is 18.4 Å². The Morgan fingerprint density at radius 2 is 2.04 bits per heavy atom. The minimum Gasteiger partial charge on any atom is -0.374 e. The van der Waals surface area contributed by atoms with Gasteiger partial charge in [0.1, 0.15) is 5.82 Å². The van der Waals surface area contributed by atoms with Crippen LogP contribution in [0.4, 0.5) is 11.4 Å². The molecule has 3 N–H and O–H groups in total. The molecule has 140 valence electrons. The lowest BCUT2D eigenvalue weighted by molar-refractivity contribution is -0.114. The molecule has 0 atom stereocenters. The first-order chi connectivity index (χ1) is 13.1. The highest BCUT2D eigenvalue weighted by molar-refractivity contribution is 6.03. The van der Waals surface area contributed by atoms with Crippen LogP contribution in [0, 0.1) is 6.92 Å². The van der Waals surface area contributed by atoms with Gasteiger partial charge in [-0.2, -0.15) is 0 Å². The number of aromatic nitrogens is 2. The van der Waals surface area contributed by atoms with Crippen molar-refractivity contribution in [3.63, 3.8) is 0 Å². The largest absolute Gasteiger partial charge is 0.374 e. The molecule has 1 aliphatic heterocycles. The molecule has 0 fully saturated rings. The number of benzene rings is 1. The van der Waals surface area contributed by atoms with Crippen LogP contribution >= 0.6 is 0 Å². The highest BCUT2D eigenvalue weighted by Gasteiger charge is 2.17. The van der Waals surface area contributed by atoms with Gasteiger partial charge in [0.05, 0.1) is 17.9 Å². The molecule has 0 saturated heterocycles. The lowest BCUT2D eigenvalue weighted by atomic mass is 9.95. The van der Waals surface area contributed by atoms with Gasteiger partial charge in [-0.25, -0.2) is 9.97 Å². The number of carbonyl (C=O) groups excluding carboxylic acids is 2. The maximum Gasteiger partial charge on any atom is 0.251 e. The van der Waals surface area contributed by atoms with Gasteiger partial charge in [0.25, 0.3) is 5.91 Å². The van der Waals surface area contributed by atoms with E-state index < -0.39 is 0 Å². The van der Waals surface area contributed by atoms with Crippen LogP contribution in [0.15, 0.2) is 18.2 Å². The average Bonchev–Trinajstić information content (AvgIpc) is 2.67. The van der Waals surface area contributed by atoms with Gasteiger partial charge >= 0.3 is 0 Å². The standard InChI is InChI=1S/C20H23N5O2/c1-12-14-4-2-3-5-15(14)24-18(23-12)8-9-21-20(27)13-6-7-16-17(10-13)25-19(26)11-22-16/h6-7,10,22H,2-5,8-9,11H2,1H3,(H,21,27)(H,25,26). The molecule has 2 heterocycles. The van der Waals surface area contributed by atoms with Crippen LogP contribution in [0.3, 0.4) is 0 Å². The number of rotatable bonds is 4. The third kappa shape index (κ3) is 3.77. The van der Waals surface area contributed by atoms with E-state index in [1.807, 2.05) is 6.92 Å². The Balaban J connectivity index is 1.38. The van der Waals surface area contributed by atoms with Crippen LogP contribution in [-0.4, -0.2) is 34.9 Å². The van der Waals surface area contributed by atoms with E-state index in [4.69, 9.17) is 4.98 Å². The molecule has 7 heteroatoms. The predicted molar refractivity (Wildman–Crippen MR) is 103 cm³/mol. The molecule has 2 amide bonds. The first-order valence-corrected chi connectivity index (χ1v) is 9.41. The summed E-state index contributed by atoms with van der Waals surface area (Å²) in [7, 11) is 0. The molecule has 1 aromatic carbocycles. The summed E-state index contributed by atoms with van der Waals surface area (Å²) in [6, 6.07) is 5.24. The Hall–Kier alpha value is -2.96. The van der Waals surface area contributed by atoms with E-state index in [2.05, 4.69) is 20.9 Å². The van der Waals surface area contributed by atoms with E-state index in [0.717, 1.165) is 30.0 Å². The predicted octanol–water partition coefficient (Wildman–Crippen LogP) is 2.00. The van der Waals surface area contributed by atoms with Crippen molar-refractivity contribution in [1.29, 1.82) is 0 Å². The first kappa shape index (κ1) is 17.5. The van der Waals surface area contributed by atoms with E-state index >= 15 is 0 Å². The Morgan fingerprint density at radius 1 is 1.19 bits per heavy atom. The summed E-state index contributed by atoms with van der Waals surface area (Å²) >= 11 is 0. The molecule has 2 aliphatic rings. The topological polar surface area (TPSA) is 96.0 Å². The summed E-state index contributed by atoms with van der Waals surface area (Å²) < 4.78 is 0. The third-order valence-electron chi connectivity index (χ3n) is 5.07. The monoisotopic (exact) mass is 365 g/mol. The fourth-order valence-electron chi connectivity index (χ4n) is 3.66. The van der Waals surface area contributed by atoms with Gasteiger partial charge in [0.15, 0.2) is 0 Å². The van der Waals surface area contributed by atoms with Crippen LogP contribution < -0.4 is 16.0 Å². The molecule has 1 aliphatic carbocycles. The summed E-state index contributed by atoms with van der Waals surface area (Å²) in [6.07, 6.45) is 5.09. The van der Waals surface area contributed by atoms with Crippen molar-refractivity contribution in [3.05, 3.63) is 46.5 Å². The molecule has 7 nitrogen and oxygen atoms in total. The van der Waals surface area contributed by atoms with Crippen molar-refractivity contribution < 1.29 is 9.59 Å². The summed E-state index contributed by atoms with van der Waals surface area (Å²) in [4.78, 5) is 33.2. The van der Waals surface area contributed by atoms with Crippen LogP contribution in [-0.2, 0) is 24.1 Å². The quantitative estimate of drug-likeness (QED) is 0.770. The Labute approximate surface area is 158 Å². The highest BCUT2D eigenvalue weighted by Crippen LogP contribution is 2.25. The zero-order valence-electron chi connectivity index (χ0n) is 15.4. The zero-order chi connectivity index (χ0) is 18.8. The van der Waals surface area contributed by atoms with E-state index in [1.165, 1.54) is 24.1 Å². The smallest absolute Gasteiger partial charge is 0.251 e. The number of amides is 2. The van der Waals surface area contributed by atoms with Crippen molar-refractivity contribution >= 4 is 23.2 Å². The Morgan fingerprint density at radius 3 is 2.93 bits per heavy atom. The third-order valence-corrected chi connectivity index (χ3v) is 5.07. The molecule has 0 saturated carbocycles. The van der Waals surface area contributed by atoms with Gasteiger partial charge in [-0.3, -0.25) is 9.59 Å². The van der Waals surface area contributed by atoms with Gasteiger partial charge in [-0.1, -0.05) is 0 Å². The van der Waals surface area contributed by atoms with E-state index in [0.29, 0.717) is 24.2 Å². The van der Waals surface area contributed by atoms with Gasteiger partial charge in [-0.05, 0) is 56.4 Å². The summed E-state index contributed by atoms with van der Waals surface area (Å²) in [5.41, 5.74) is 5.52. The fourth-order valence-corrected chi connectivity index (χ4v) is 3.66. The van der Waals surface area contributed by atoms with Gasteiger partial charge in [0, 0.05) is 29.9 Å². The van der Waals surface area contributed by atoms with Crippen molar-refractivity contribution in [1.82, 2.24) is 15.3 Å². The minimum atomic E-state index is -0.174. The molecule has 0 spiro atoms. The number of hydrogen-bond donors (Lipinski definition) is 3. The molecular formula is C20H23N5O2. The van der Waals surface area contributed by atoms with Crippen LogP contribution in [0.1, 0.15) is 46.0 Å². The van der Waals surface area contributed by atoms with Gasteiger partial charge in [0.2, 0.25) is 5.91 Å². The van der Waals surface area contributed by atoms with Crippen LogP contribution in [0.5, 0.6) is 0 Å². The average molecular weight is 365 g/mol. The second-order valence-electron chi connectivity index (χ2n) is 7.03. The maximum absolute atomic E-state index is 12.4. The van der Waals surface area contributed by atoms with Crippen molar-refractivity contribution in [3.8, 4) is 0 Å². The summed E-state index contributed by atoms with van der Waals surface area (Å²) in [5.74, 6) is 0.502. The molecule has 0 bridgehead atoms. The number of hydrogen-bond acceptors (Lipinski definition) is 5. The number of fused-ring (bicyclic) bond motifs is 2. The lowest BCUT2D eigenvalue weighted by Gasteiger charge is -2.19. The number of nitrogens with zero attached hydrogens (tertiary/aromatic N) is 2. The highest BCUT2D eigenvalue weighted by atomic mass is 16.2. The summed E-state index contributed by atoms with van der Waals surface area (Å²) in [5, 5.41) is 8.70. The normalized spacial score (nSPS) is 15.2. The minimum absolute atomic E-state index is 0.111. The second kappa shape index (κ2) is 7.34. The van der Waals surface area contributed by atoms with E-state index in [1.54, 1.807) is 18.2 Å². The Bertz CT molecular complexity index is 909. The van der Waals surface area contributed by atoms with E-state index in [9.17, 15) is 9.59 Å². The fraction of sp³-hybridized carbons (Fsp3) is 0.400. The molecule has 0 radical (unpaired) electrons. The number of aryl methyl sites for hydroxylation is 2. The van der Waals surface area contributed by atoms with Crippen LogP contribution in [0.2, 0.25) is 0 Å². The van der Waals surface area contributed by atoms with Gasteiger partial charge in [-0.15, -0.1) is 0 Å². The molecule has 27 heavy (non-hydrogen) atoms.